The molecule has 2 aliphatic carbocycles. The molecule has 0 bridgehead atoms. The number of hydrogen-bond acceptors (Lipinski definition) is 5. The van der Waals surface area contributed by atoms with Crippen LogP contribution in [0.5, 0.6) is 0 Å². The summed E-state index contributed by atoms with van der Waals surface area (Å²) in [5, 5.41) is 11.9. The number of carbonyl (C=O) groups excluding carboxylic acids is 2. The molecule has 1 saturated carbocycles. The molecule has 4 rings (SSSR count). The van der Waals surface area contributed by atoms with Crippen LogP contribution in [0.4, 0.5) is 0 Å². The lowest BCUT2D eigenvalue weighted by Crippen LogP contribution is -2.51. The van der Waals surface area contributed by atoms with Gasteiger partial charge in [-0.3, -0.25) is 19.4 Å². The fourth-order valence-corrected chi connectivity index (χ4v) is 8.13. The van der Waals surface area contributed by atoms with Gasteiger partial charge in [-0.2, -0.15) is 0 Å². The van der Waals surface area contributed by atoms with Gasteiger partial charge in [0.05, 0.1) is 22.7 Å². The second-order valence-electron chi connectivity index (χ2n) is 14.4. The summed E-state index contributed by atoms with van der Waals surface area (Å²) in [6, 6.07) is 3.45. The smallest absolute Gasteiger partial charge is 0.305 e. The fraction of sp³-hybridized carbons (Fsp3) is 0.636. The van der Waals surface area contributed by atoms with Gasteiger partial charge in [0, 0.05) is 16.5 Å². The van der Waals surface area contributed by atoms with Gasteiger partial charge in [-0.25, -0.2) is 0 Å². The van der Waals surface area contributed by atoms with Crippen molar-refractivity contribution in [1.82, 2.24) is 10.2 Å². The number of aliphatic imine (C=N–C) groups is 1. The molecule has 2 N–H and O–H groups in total. The highest BCUT2D eigenvalue weighted by molar-refractivity contribution is 7.14. The highest BCUT2D eigenvalue weighted by atomic mass is 35.5. The van der Waals surface area contributed by atoms with Gasteiger partial charge in [0.15, 0.2) is 0 Å². The lowest BCUT2D eigenvalue weighted by atomic mass is 9.69. The van der Waals surface area contributed by atoms with Gasteiger partial charge in [0.25, 0.3) is 11.8 Å². The summed E-state index contributed by atoms with van der Waals surface area (Å²) < 4.78 is 0. The molecule has 1 spiro atoms. The lowest BCUT2D eigenvalue weighted by Gasteiger charge is -2.47. The van der Waals surface area contributed by atoms with Crippen molar-refractivity contribution < 1.29 is 19.5 Å². The largest absolute Gasteiger partial charge is 0.481 e. The molecule has 10 heteroatoms. The van der Waals surface area contributed by atoms with Gasteiger partial charge in [0.2, 0.25) is 0 Å². The Morgan fingerprint density at radius 1 is 1.19 bits per heavy atom. The summed E-state index contributed by atoms with van der Waals surface area (Å²) in [6.07, 6.45) is 9.03. The van der Waals surface area contributed by atoms with Crippen molar-refractivity contribution in [3.63, 3.8) is 0 Å². The Morgan fingerprint density at radius 2 is 1.86 bits per heavy atom. The topological polar surface area (TPSA) is 99.1 Å². The van der Waals surface area contributed by atoms with Crippen LogP contribution in [0.3, 0.4) is 0 Å². The second-order valence-corrected chi connectivity index (χ2v) is 16.5. The predicted octanol–water partition coefficient (Wildman–Crippen LogP) is 8.10. The first kappa shape index (κ1) is 33.7. The van der Waals surface area contributed by atoms with E-state index in [4.69, 9.17) is 33.3 Å². The number of alkyl halides is 1. The van der Waals surface area contributed by atoms with Crippen LogP contribution in [0.1, 0.15) is 113 Å². The maximum Gasteiger partial charge on any atom is 0.305 e. The first-order valence-electron chi connectivity index (χ1n) is 15.2. The Balaban J connectivity index is 1.73. The minimum atomic E-state index is -0.963. The van der Waals surface area contributed by atoms with Crippen molar-refractivity contribution in [3.8, 4) is 0 Å². The Labute approximate surface area is 269 Å². The van der Waals surface area contributed by atoms with Crippen LogP contribution in [-0.2, 0) is 9.59 Å². The number of carboxylic acid groups (broad SMARTS) is 1. The minimum absolute atomic E-state index is 0.0339. The molecule has 2 atom stereocenters. The van der Waals surface area contributed by atoms with Crippen LogP contribution in [0.15, 0.2) is 39.9 Å². The standard InChI is InChI=1S/C33H45Cl2N3O4S/c1-31(2,3)13-11-24(25-7-8-26(43-25)29(41)36-16-12-27(39)40)38-30(42)28(20-17-22(34)19-23(35)18-20)37-33(38)14-9-21(10-15-33)32(4,5)6/h7-8,17,19,21,23-24H,9-16,18H2,1-6H3,(H,36,41)(H,39,40). The molecule has 1 aromatic rings. The van der Waals surface area contributed by atoms with E-state index in [1.807, 2.05) is 17.0 Å². The molecule has 1 aromatic heterocycles. The van der Waals surface area contributed by atoms with Crippen molar-refractivity contribution in [2.75, 3.05) is 6.54 Å². The average molecular weight is 651 g/mol. The minimum Gasteiger partial charge on any atom is -0.481 e. The first-order valence-corrected chi connectivity index (χ1v) is 16.9. The zero-order valence-electron chi connectivity index (χ0n) is 26.1. The number of aliphatic carboxylic acids is 1. The molecule has 0 saturated heterocycles. The number of nitrogens with one attached hydrogen (secondary N) is 1. The van der Waals surface area contributed by atoms with E-state index < -0.39 is 11.6 Å². The number of amides is 2. The molecule has 236 valence electrons. The van der Waals surface area contributed by atoms with Crippen LogP contribution in [-0.4, -0.2) is 51.1 Å². The van der Waals surface area contributed by atoms with Crippen LogP contribution >= 0.6 is 34.5 Å². The van der Waals surface area contributed by atoms with E-state index in [0.29, 0.717) is 28.0 Å². The molecule has 2 heterocycles. The summed E-state index contributed by atoms with van der Waals surface area (Å²) in [5.74, 6) is -0.840. The zero-order chi connectivity index (χ0) is 31.7. The number of carbonyl (C=O) groups is 3. The number of rotatable bonds is 9. The summed E-state index contributed by atoms with van der Waals surface area (Å²) >= 11 is 14.3. The van der Waals surface area contributed by atoms with Crippen LogP contribution in [0, 0.1) is 16.7 Å². The van der Waals surface area contributed by atoms with Crippen LogP contribution < -0.4 is 5.32 Å². The third-order valence-electron chi connectivity index (χ3n) is 8.85. The Bertz CT molecular complexity index is 1330. The van der Waals surface area contributed by atoms with Crippen molar-refractivity contribution >= 4 is 58.0 Å². The quantitative estimate of drug-likeness (QED) is 0.264. The summed E-state index contributed by atoms with van der Waals surface area (Å²) in [6.45, 7) is 13.5. The highest BCUT2D eigenvalue weighted by Crippen LogP contribution is 2.51. The molecule has 0 aromatic carbocycles. The monoisotopic (exact) mass is 649 g/mol. The van der Waals surface area contributed by atoms with E-state index >= 15 is 0 Å². The fourth-order valence-electron chi connectivity index (χ4n) is 6.43. The highest BCUT2D eigenvalue weighted by Gasteiger charge is 2.53. The summed E-state index contributed by atoms with van der Waals surface area (Å²) in [7, 11) is 0. The zero-order valence-corrected chi connectivity index (χ0v) is 28.5. The number of carboxylic acids is 1. The molecule has 2 unspecified atom stereocenters. The molecule has 1 fully saturated rings. The lowest BCUT2D eigenvalue weighted by molar-refractivity contribution is -0.137. The molecule has 43 heavy (non-hydrogen) atoms. The molecule has 3 aliphatic rings. The molecular weight excluding hydrogens is 605 g/mol. The number of thiophene rings is 1. The van der Waals surface area contributed by atoms with Crippen molar-refractivity contribution in [1.29, 1.82) is 0 Å². The average Bonchev–Trinajstić information content (AvgIpc) is 3.47. The predicted molar refractivity (Wildman–Crippen MR) is 175 cm³/mol. The molecule has 0 radical (unpaired) electrons. The summed E-state index contributed by atoms with van der Waals surface area (Å²) in [4.78, 5) is 47.1. The van der Waals surface area contributed by atoms with Gasteiger partial charge >= 0.3 is 5.97 Å². The third kappa shape index (κ3) is 8.12. The number of nitrogens with zero attached hydrogens (tertiary/aromatic N) is 2. The summed E-state index contributed by atoms with van der Waals surface area (Å²) in [5.41, 5.74) is 0.749. The Kier molecular flexibility index (Phi) is 10.2. The van der Waals surface area contributed by atoms with Crippen LogP contribution in [0.2, 0.25) is 0 Å². The van der Waals surface area contributed by atoms with Crippen molar-refractivity contribution in [2.45, 2.75) is 110 Å². The SMILES string of the molecule is CC(C)(C)CCC(c1ccc(C(=O)NCCC(=O)O)s1)N1C(=O)C(C2=CC(Cl)=CC(Cl)C2)=NC12CCC(C(C)(C)C)CC2. The normalized spacial score (nSPS) is 25.3. The second kappa shape index (κ2) is 13.1. The van der Waals surface area contributed by atoms with Gasteiger partial charge in [-0.15, -0.1) is 22.9 Å². The Morgan fingerprint density at radius 3 is 2.44 bits per heavy atom. The van der Waals surface area contributed by atoms with Gasteiger partial charge in [0.1, 0.15) is 11.4 Å². The maximum atomic E-state index is 14.6. The van der Waals surface area contributed by atoms with Crippen molar-refractivity contribution in [2.24, 2.45) is 21.7 Å². The Hall–Kier alpha value is -2.16. The van der Waals surface area contributed by atoms with E-state index in [1.54, 1.807) is 12.1 Å². The van der Waals surface area contributed by atoms with Gasteiger partial charge in [-0.05, 0) is 91.6 Å². The van der Waals surface area contributed by atoms with E-state index in [9.17, 15) is 14.4 Å². The number of allylic oxidation sites excluding steroid dienone is 3. The van der Waals surface area contributed by atoms with Gasteiger partial charge < -0.3 is 15.3 Å². The third-order valence-corrected chi connectivity index (χ3v) is 10.6. The first-order chi connectivity index (χ1) is 20.0. The van der Waals surface area contributed by atoms with Gasteiger partial charge in [-0.1, -0.05) is 53.1 Å². The van der Waals surface area contributed by atoms with Crippen LogP contribution in [0.25, 0.3) is 0 Å². The molecule has 7 nitrogen and oxygen atoms in total. The molecular formula is C33H45Cl2N3O4S. The van der Waals surface area contributed by atoms with E-state index in [2.05, 4.69) is 46.9 Å². The molecule has 2 amide bonds. The molecule has 1 aliphatic heterocycles. The number of halogens is 2. The van der Waals surface area contributed by atoms with E-state index in [0.717, 1.165) is 49.0 Å². The van der Waals surface area contributed by atoms with Crippen molar-refractivity contribution in [3.05, 3.63) is 44.6 Å². The maximum absolute atomic E-state index is 14.6. The van der Waals surface area contributed by atoms with E-state index in [-0.39, 0.29) is 47.0 Å². The van der Waals surface area contributed by atoms with E-state index in [1.165, 1.54) is 11.3 Å². The number of hydrogen-bond donors (Lipinski definition) is 2.